The summed E-state index contributed by atoms with van der Waals surface area (Å²) < 4.78 is 65.9. The van der Waals surface area contributed by atoms with Crippen LogP contribution in [0.2, 0.25) is 0 Å². The van der Waals surface area contributed by atoms with Gasteiger partial charge in [-0.05, 0) is 82.0 Å². The molecular formula is C30H40N3O6S4+. The fraction of sp³-hybridized carbons (Fsp3) is 0.433. The molecule has 0 aliphatic carbocycles. The molecule has 234 valence electrons. The molecule has 0 saturated carbocycles. The highest BCUT2D eigenvalue weighted by atomic mass is 32.2. The van der Waals surface area contributed by atoms with Crippen molar-refractivity contribution in [1.29, 1.82) is 0 Å². The van der Waals surface area contributed by atoms with Crippen LogP contribution in [0, 0.1) is 0 Å². The van der Waals surface area contributed by atoms with Crippen LogP contribution in [0.3, 0.4) is 0 Å². The Kier molecular flexibility index (Phi) is 12.2. The van der Waals surface area contributed by atoms with Gasteiger partial charge >= 0.3 is 0 Å². The van der Waals surface area contributed by atoms with E-state index in [4.69, 9.17) is 9.11 Å². The molecule has 1 aromatic heterocycles. The van der Waals surface area contributed by atoms with Gasteiger partial charge in [0.25, 0.3) is 25.2 Å². The Balaban J connectivity index is 0.000000767. The van der Waals surface area contributed by atoms with E-state index in [1.54, 1.807) is 23.1 Å². The van der Waals surface area contributed by atoms with Gasteiger partial charge in [-0.2, -0.15) is 21.4 Å². The Labute approximate surface area is 263 Å². The molecule has 0 atom stereocenters. The van der Waals surface area contributed by atoms with E-state index in [1.165, 1.54) is 25.9 Å². The van der Waals surface area contributed by atoms with Crippen molar-refractivity contribution in [3.63, 3.8) is 0 Å². The zero-order valence-electron chi connectivity index (χ0n) is 24.3. The summed E-state index contributed by atoms with van der Waals surface area (Å²) in [5, 5.41) is 5.32. The number of nitrogens with zero attached hydrogens (tertiary/aromatic N) is 2. The third-order valence-electron chi connectivity index (χ3n) is 7.00. The minimum atomic E-state index is -3.97. The number of anilines is 1. The lowest BCUT2D eigenvalue weighted by molar-refractivity contribution is -0.669. The second-order valence-electron chi connectivity index (χ2n) is 10.6. The van der Waals surface area contributed by atoms with Crippen LogP contribution in [0.4, 0.5) is 5.69 Å². The number of nitrogens with one attached hydrogen (secondary N) is 1. The number of aryl methyl sites for hydroxylation is 1. The van der Waals surface area contributed by atoms with Gasteiger partial charge in [0.1, 0.15) is 4.70 Å². The highest BCUT2D eigenvalue weighted by molar-refractivity contribution is 8.03. The lowest BCUT2D eigenvalue weighted by atomic mass is 10.2. The largest absolute Gasteiger partial charge is 0.335 e. The predicted molar refractivity (Wildman–Crippen MR) is 177 cm³/mol. The molecule has 2 aliphatic heterocycles. The molecule has 13 heteroatoms. The predicted octanol–water partition coefficient (Wildman–Crippen LogP) is 5.75. The molecular weight excluding hydrogens is 627 g/mol. The Morgan fingerprint density at radius 3 is 2.26 bits per heavy atom. The number of hydrogen-bond acceptors (Lipinski definition) is 8. The van der Waals surface area contributed by atoms with Crippen molar-refractivity contribution in [1.82, 2.24) is 5.32 Å². The molecule has 0 radical (unpaired) electrons. The molecule has 0 amide bonds. The number of aromatic nitrogens is 1. The quantitative estimate of drug-likeness (QED) is 0.126. The van der Waals surface area contributed by atoms with Crippen molar-refractivity contribution in [2.45, 2.75) is 56.9 Å². The number of hydrogen-bond donors (Lipinski definition) is 3. The van der Waals surface area contributed by atoms with Crippen LogP contribution in [0.1, 0.15) is 50.5 Å². The van der Waals surface area contributed by atoms with Crippen molar-refractivity contribution < 1.29 is 30.5 Å². The van der Waals surface area contributed by atoms with Gasteiger partial charge in [0.05, 0.1) is 22.2 Å². The maximum Gasteiger partial charge on any atom is 0.264 e. The molecule has 2 aromatic carbocycles. The van der Waals surface area contributed by atoms with Crippen LogP contribution in [0.5, 0.6) is 0 Å². The second kappa shape index (κ2) is 15.6. The number of rotatable bonds is 12. The topological polar surface area (TPSA) is 128 Å². The lowest BCUT2D eigenvalue weighted by Crippen LogP contribution is -2.35. The van der Waals surface area contributed by atoms with Gasteiger partial charge in [-0.25, -0.2) is 0 Å². The molecule has 0 unspecified atom stereocenters. The van der Waals surface area contributed by atoms with Crippen LogP contribution in [0.25, 0.3) is 16.3 Å². The van der Waals surface area contributed by atoms with E-state index in [-0.39, 0.29) is 11.5 Å². The van der Waals surface area contributed by atoms with Gasteiger partial charge in [-0.1, -0.05) is 47.4 Å². The van der Waals surface area contributed by atoms with Gasteiger partial charge in [0.15, 0.2) is 6.54 Å². The van der Waals surface area contributed by atoms with E-state index in [1.807, 2.05) is 31.2 Å². The molecule has 0 bridgehead atoms. The number of benzene rings is 2. The minimum absolute atomic E-state index is 0.246. The summed E-state index contributed by atoms with van der Waals surface area (Å²) in [5.41, 5.74) is 3.21. The molecule has 3 aromatic rings. The van der Waals surface area contributed by atoms with E-state index in [0.717, 1.165) is 36.4 Å². The van der Waals surface area contributed by atoms with Crippen LogP contribution < -0.4 is 14.8 Å². The Morgan fingerprint density at radius 1 is 0.930 bits per heavy atom. The number of allylic oxidation sites excluding steroid dienone is 2. The van der Waals surface area contributed by atoms with E-state index < -0.39 is 20.2 Å². The summed E-state index contributed by atoms with van der Waals surface area (Å²) in [5.74, 6) is -0.493. The SMILES string of the molecule is C1CCNC1.CC(=Cc1sc2ccccc2[n+]1CCCCS(=O)(=O)O)C=C1Sc2ccccc2N1CCCCS(=O)(=O)O. The van der Waals surface area contributed by atoms with E-state index in [2.05, 4.69) is 51.2 Å². The third-order valence-corrected chi connectivity index (χ3v) is 10.8. The van der Waals surface area contributed by atoms with Crippen molar-refractivity contribution in [2.24, 2.45) is 0 Å². The first kappa shape index (κ1) is 33.6. The number of unbranched alkanes of at least 4 members (excludes halogenated alkanes) is 2. The van der Waals surface area contributed by atoms with Crippen LogP contribution in [0.15, 0.2) is 70.1 Å². The molecule has 9 nitrogen and oxygen atoms in total. The summed E-state index contributed by atoms with van der Waals surface area (Å²) in [6.07, 6.45) is 9.03. The molecule has 43 heavy (non-hydrogen) atoms. The summed E-state index contributed by atoms with van der Waals surface area (Å²) >= 11 is 3.34. The van der Waals surface area contributed by atoms with E-state index in [0.29, 0.717) is 38.8 Å². The summed E-state index contributed by atoms with van der Waals surface area (Å²) in [4.78, 5) is 3.33. The molecule has 2 aliphatic rings. The van der Waals surface area contributed by atoms with Crippen molar-refractivity contribution in [2.75, 3.05) is 36.0 Å². The number of fused-ring (bicyclic) bond motifs is 2. The fourth-order valence-electron chi connectivity index (χ4n) is 4.95. The molecule has 3 N–H and O–H groups in total. The second-order valence-corrected chi connectivity index (χ2v) is 15.9. The summed E-state index contributed by atoms with van der Waals surface area (Å²) in [7, 11) is -7.94. The van der Waals surface area contributed by atoms with Gasteiger partial charge in [-0.15, -0.1) is 0 Å². The maximum atomic E-state index is 11.1. The highest BCUT2D eigenvalue weighted by Crippen LogP contribution is 2.46. The first-order chi connectivity index (χ1) is 20.5. The smallest absolute Gasteiger partial charge is 0.264 e. The van der Waals surface area contributed by atoms with Gasteiger partial charge in [-0.3, -0.25) is 9.11 Å². The van der Waals surface area contributed by atoms with Crippen molar-refractivity contribution >= 4 is 65.3 Å². The Morgan fingerprint density at radius 2 is 1.58 bits per heavy atom. The zero-order chi connectivity index (χ0) is 30.9. The first-order valence-electron chi connectivity index (χ1n) is 14.5. The number of thioether (sulfide) groups is 1. The minimum Gasteiger partial charge on any atom is -0.335 e. The van der Waals surface area contributed by atoms with Gasteiger partial charge < -0.3 is 10.2 Å². The van der Waals surface area contributed by atoms with Gasteiger partial charge in [0.2, 0.25) is 5.52 Å². The van der Waals surface area contributed by atoms with Gasteiger partial charge in [0, 0.05) is 30.0 Å². The first-order valence-corrected chi connectivity index (χ1v) is 19.3. The lowest BCUT2D eigenvalue weighted by Gasteiger charge is -2.20. The van der Waals surface area contributed by atoms with Crippen molar-refractivity contribution in [3.05, 3.63) is 70.2 Å². The number of para-hydroxylation sites is 2. The maximum absolute atomic E-state index is 11.1. The molecule has 1 saturated heterocycles. The standard InChI is InChI=1S/C26H30N2O6S4.C4H9N/c1-20(18-25-27(14-6-8-16-37(29,30)31)21-10-2-4-12-23(21)35-25)19-26-28(15-7-9-17-38(32,33)34)22-11-3-5-13-24(22)36-26;1-2-4-5-3-1/h2-5,10-13,18-19H,6-9,14-17H2,1H3,(H-,29,30,31,32,33,34);5H,1-4H2/p+1. The molecule has 3 heterocycles. The highest BCUT2D eigenvalue weighted by Gasteiger charge is 2.25. The normalized spacial score (nSPS) is 16.5. The van der Waals surface area contributed by atoms with Crippen LogP contribution in [-0.4, -0.2) is 57.1 Å². The third kappa shape index (κ3) is 10.7. The van der Waals surface area contributed by atoms with Crippen molar-refractivity contribution in [3.8, 4) is 0 Å². The fourth-order valence-corrected chi connectivity index (χ4v) is 8.48. The summed E-state index contributed by atoms with van der Waals surface area (Å²) in [6, 6.07) is 16.2. The Bertz CT molecular complexity index is 1650. The molecule has 0 spiro atoms. The molecule has 1 fully saturated rings. The monoisotopic (exact) mass is 666 g/mol. The van der Waals surface area contributed by atoms with E-state index in [9.17, 15) is 16.8 Å². The number of thiazole rings is 1. The van der Waals surface area contributed by atoms with Crippen LogP contribution >= 0.6 is 23.1 Å². The molecule has 5 rings (SSSR count). The average Bonchev–Trinajstić information content (AvgIpc) is 3.69. The van der Waals surface area contributed by atoms with Crippen LogP contribution in [-0.2, 0) is 26.8 Å². The Hall–Kier alpha value is -2.26. The average molecular weight is 667 g/mol. The van der Waals surface area contributed by atoms with E-state index >= 15 is 0 Å². The summed E-state index contributed by atoms with van der Waals surface area (Å²) in [6.45, 7) is 5.81. The zero-order valence-corrected chi connectivity index (χ0v) is 27.6.